The number of rotatable bonds is 10. The van der Waals surface area contributed by atoms with Crippen molar-refractivity contribution in [3.05, 3.63) is 54.1 Å². The molecule has 0 spiro atoms. The molecule has 0 unspecified atom stereocenters. The van der Waals surface area contributed by atoms with Gasteiger partial charge in [-0.1, -0.05) is 45.2 Å². The zero-order valence-corrected chi connectivity index (χ0v) is 14.9. The van der Waals surface area contributed by atoms with Crippen molar-refractivity contribution in [1.82, 2.24) is 0 Å². The van der Waals surface area contributed by atoms with E-state index in [1.807, 2.05) is 36.4 Å². The highest BCUT2D eigenvalue weighted by molar-refractivity contribution is 5.43. The number of azo groups is 1. The van der Waals surface area contributed by atoms with Crippen LogP contribution in [-0.2, 0) is 6.42 Å². The van der Waals surface area contributed by atoms with Crippen molar-refractivity contribution in [2.45, 2.75) is 52.4 Å². The molecule has 0 N–H and O–H groups in total. The van der Waals surface area contributed by atoms with Gasteiger partial charge < -0.3 is 4.74 Å². The standard InChI is InChI=1S/C21H28N2O/c1-3-5-7-17-24-21-15-13-20(14-16-21)23-22-19-11-9-18(10-12-19)8-6-4-2/h9-16H,3-8,17H2,1-2H3. The molecule has 128 valence electrons. The van der Waals surface area contributed by atoms with Crippen molar-refractivity contribution in [3.63, 3.8) is 0 Å². The second-order valence-electron chi connectivity index (χ2n) is 6.02. The van der Waals surface area contributed by atoms with Gasteiger partial charge in [0.05, 0.1) is 18.0 Å². The Labute approximate surface area is 145 Å². The van der Waals surface area contributed by atoms with Crippen molar-refractivity contribution in [1.29, 1.82) is 0 Å². The van der Waals surface area contributed by atoms with Crippen LogP contribution >= 0.6 is 0 Å². The second kappa shape index (κ2) is 10.6. The molecule has 0 saturated heterocycles. The molecule has 0 amide bonds. The SMILES string of the molecule is CCCCCOc1ccc(N=Nc2ccc(CCCC)cc2)cc1. The molecule has 24 heavy (non-hydrogen) atoms. The molecule has 0 radical (unpaired) electrons. The van der Waals surface area contributed by atoms with E-state index in [4.69, 9.17) is 4.74 Å². The Kier molecular flexibility index (Phi) is 8.02. The summed E-state index contributed by atoms with van der Waals surface area (Å²) >= 11 is 0. The first-order valence-corrected chi connectivity index (χ1v) is 9.05. The summed E-state index contributed by atoms with van der Waals surface area (Å²) in [7, 11) is 0. The quantitative estimate of drug-likeness (QED) is 0.342. The molecule has 0 saturated carbocycles. The summed E-state index contributed by atoms with van der Waals surface area (Å²) in [5.41, 5.74) is 3.08. The molecular weight excluding hydrogens is 296 g/mol. The van der Waals surface area contributed by atoms with Crippen LogP contribution in [0.15, 0.2) is 58.8 Å². The van der Waals surface area contributed by atoms with E-state index in [0.29, 0.717) is 0 Å². The molecule has 0 heterocycles. The zero-order valence-electron chi connectivity index (χ0n) is 14.9. The van der Waals surface area contributed by atoms with E-state index in [9.17, 15) is 0 Å². The summed E-state index contributed by atoms with van der Waals surface area (Å²) in [6.07, 6.45) is 7.11. The van der Waals surface area contributed by atoms with Crippen molar-refractivity contribution >= 4 is 11.4 Å². The molecule has 2 rings (SSSR count). The summed E-state index contributed by atoms with van der Waals surface area (Å²) in [5, 5.41) is 8.59. The fourth-order valence-electron chi connectivity index (χ4n) is 2.38. The molecule has 3 heteroatoms. The normalized spacial score (nSPS) is 11.1. The number of ether oxygens (including phenoxy) is 1. The molecule has 0 atom stereocenters. The predicted molar refractivity (Wildman–Crippen MR) is 101 cm³/mol. The zero-order chi connectivity index (χ0) is 17.0. The Morgan fingerprint density at radius 1 is 0.708 bits per heavy atom. The predicted octanol–water partition coefficient (Wildman–Crippen LogP) is 7.01. The summed E-state index contributed by atoms with van der Waals surface area (Å²) in [6, 6.07) is 16.1. The van der Waals surface area contributed by atoms with Crippen LogP contribution in [-0.4, -0.2) is 6.61 Å². The molecular formula is C21H28N2O. The third kappa shape index (κ3) is 6.53. The lowest BCUT2D eigenvalue weighted by atomic mass is 10.1. The maximum atomic E-state index is 5.70. The largest absolute Gasteiger partial charge is 0.494 e. The summed E-state index contributed by atoms with van der Waals surface area (Å²) < 4.78 is 5.70. The maximum Gasteiger partial charge on any atom is 0.119 e. The topological polar surface area (TPSA) is 34.0 Å². The Bertz CT molecular complexity index is 603. The molecule has 0 aliphatic rings. The Morgan fingerprint density at radius 3 is 1.88 bits per heavy atom. The molecule has 2 aromatic rings. The lowest BCUT2D eigenvalue weighted by molar-refractivity contribution is 0.306. The number of unbranched alkanes of at least 4 members (excludes halogenated alkanes) is 3. The molecule has 0 bridgehead atoms. The van der Waals surface area contributed by atoms with Crippen LogP contribution in [0.3, 0.4) is 0 Å². The van der Waals surface area contributed by atoms with Gasteiger partial charge in [-0.05, 0) is 61.2 Å². The molecule has 2 aromatic carbocycles. The van der Waals surface area contributed by atoms with Crippen LogP contribution in [0.2, 0.25) is 0 Å². The summed E-state index contributed by atoms with van der Waals surface area (Å²) in [5.74, 6) is 0.894. The van der Waals surface area contributed by atoms with Gasteiger partial charge in [-0.2, -0.15) is 10.2 Å². The molecule has 0 aliphatic heterocycles. The van der Waals surface area contributed by atoms with Crippen LogP contribution < -0.4 is 4.74 Å². The van der Waals surface area contributed by atoms with Crippen LogP contribution in [0, 0.1) is 0 Å². The van der Waals surface area contributed by atoms with Gasteiger partial charge in [-0.3, -0.25) is 0 Å². The minimum Gasteiger partial charge on any atom is -0.494 e. The Hall–Kier alpha value is -2.16. The van der Waals surface area contributed by atoms with Crippen molar-refractivity contribution in [3.8, 4) is 5.75 Å². The molecule has 0 fully saturated rings. The first kappa shape index (κ1) is 18.2. The van der Waals surface area contributed by atoms with E-state index >= 15 is 0 Å². The lowest BCUT2D eigenvalue weighted by Gasteiger charge is -2.05. The van der Waals surface area contributed by atoms with Gasteiger partial charge in [0.1, 0.15) is 5.75 Å². The van der Waals surface area contributed by atoms with Gasteiger partial charge >= 0.3 is 0 Å². The van der Waals surface area contributed by atoms with Crippen LogP contribution in [0.5, 0.6) is 5.75 Å². The van der Waals surface area contributed by atoms with Gasteiger partial charge in [0.2, 0.25) is 0 Å². The van der Waals surface area contributed by atoms with Crippen LogP contribution in [0.4, 0.5) is 11.4 Å². The highest BCUT2D eigenvalue weighted by Gasteiger charge is 1.96. The van der Waals surface area contributed by atoms with Gasteiger partial charge in [0.15, 0.2) is 0 Å². The van der Waals surface area contributed by atoms with E-state index in [1.165, 1.54) is 31.2 Å². The van der Waals surface area contributed by atoms with E-state index < -0.39 is 0 Å². The number of aryl methyl sites for hydroxylation is 1. The fourth-order valence-corrected chi connectivity index (χ4v) is 2.38. The van der Waals surface area contributed by atoms with Crippen molar-refractivity contribution in [2.75, 3.05) is 6.61 Å². The highest BCUT2D eigenvalue weighted by atomic mass is 16.5. The number of benzene rings is 2. The van der Waals surface area contributed by atoms with E-state index in [1.54, 1.807) is 0 Å². The van der Waals surface area contributed by atoms with E-state index in [0.717, 1.165) is 36.6 Å². The third-order valence-corrected chi connectivity index (χ3v) is 3.89. The van der Waals surface area contributed by atoms with Crippen molar-refractivity contribution < 1.29 is 4.74 Å². The number of nitrogens with zero attached hydrogens (tertiary/aromatic N) is 2. The first-order chi connectivity index (χ1) is 11.8. The average molecular weight is 324 g/mol. The highest BCUT2D eigenvalue weighted by Crippen LogP contribution is 2.22. The lowest BCUT2D eigenvalue weighted by Crippen LogP contribution is -1.96. The van der Waals surface area contributed by atoms with E-state index in [-0.39, 0.29) is 0 Å². The Morgan fingerprint density at radius 2 is 1.29 bits per heavy atom. The molecule has 3 nitrogen and oxygen atoms in total. The monoisotopic (exact) mass is 324 g/mol. The average Bonchev–Trinajstić information content (AvgIpc) is 2.64. The van der Waals surface area contributed by atoms with Gasteiger partial charge in [0.25, 0.3) is 0 Å². The van der Waals surface area contributed by atoms with E-state index in [2.05, 4.69) is 36.2 Å². The first-order valence-electron chi connectivity index (χ1n) is 9.05. The van der Waals surface area contributed by atoms with Gasteiger partial charge in [0, 0.05) is 0 Å². The number of hydrogen-bond acceptors (Lipinski definition) is 3. The minimum absolute atomic E-state index is 0.777. The van der Waals surface area contributed by atoms with Crippen LogP contribution in [0.25, 0.3) is 0 Å². The van der Waals surface area contributed by atoms with Crippen LogP contribution in [0.1, 0.15) is 51.5 Å². The molecule has 0 aliphatic carbocycles. The maximum absolute atomic E-state index is 5.70. The Balaban J connectivity index is 1.85. The smallest absolute Gasteiger partial charge is 0.119 e. The number of hydrogen-bond donors (Lipinski definition) is 0. The third-order valence-electron chi connectivity index (χ3n) is 3.89. The second-order valence-corrected chi connectivity index (χ2v) is 6.02. The summed E-state index contributed by atoms with van der Waals surface area (Å²) in [6.45, 7) is 5.18. The van der Waals surface area contributed by atoms with Crippen molar-refractivity contribution in [2.24, 2.45) is 10.2 Å². The summed E-state index contributed by atoms with van der Waals surface area (Å²) in [4.78, 5) is 0. The van der Waals surface area contributed by atoms with Gasteiger partial charge in [-0.25, -0.2) is 0 Å². The molecule has 0 aromatic heterocycles. The minimum atomic E-state index is 0.777. The fraction of sp³-hybridized carbons (Fsp3) is 0.429. The van der Waals surface area contributed by atoms with Gasteiger partial charge in [-0.15, -0.1) is 0 Å².